The SMILES string of the molecule is O=S1(=O)CCC(C(Br)c2cncc(Br)c2)C1. The Balaban J connectivity index is 2.17. The van der Waals surface area contributed by atoms with Crippen molar-refractivity contribution in [3.05, 3.63) is 28.5 Å². The summed E-state index contributed by atoms with van der Waals surface area (Å²) in [6.45, 7) is 0. The van der Waals surface area contributed by atoms with E-state index in [-0.39, 0.29) is 16.5 Å². The van der Waals surface area contributed by atoms with E-state index in [1.165, 1.54) is 0 Å². The number of halogens is 2. The highest BCUT2D eigenvalue weighted by Gasteiger charge is 2.33. The van der Waals surface area contributed by atoms with Crippen molar-refractivity contribution >= 4 is 41.7 Å². The van der Waals surface area contributed by atoms with E-state index >= 15 is 0 Å². The lowest BCUT2D eigenvalue weighted by molar-refractivity contribution is 0.579. The molecule has 0 aromatic carbocycles. The van der Waals surface area contributed by atoms with Gasteiger partial charge >= 0.3 is 0 Å². The zero-order chi connectivity index (χ0) is 11.8. The van der Waals surface area contributed by atoms with Gasteiger partial charge in [-0.05, 0) is 39.9 Å². The van der Waals surface area contributed by atoms with Crippen LogP contribution in [0.1, 0.15) is 16.8 Å². The van der Waals surface area contributed by atoms with Crippen LogP contribution in [0, 0.1) is 5.92 Å². The van der Waals surface area contributed by atoms with Crippen LogP contribution in [0.25, 0.3) is 0 Å². The van der Waals surface area contributed by atoms with Gasteiger partial charge in [-0.1, -0.05) is 15.9 Å². The van der Waals surface area contributed by atoms with Crippen molar-refractivity contribution in [3.8, 4) is 0 Å². The molecule has 16 heavy (non-hydrogen) atoms. The molecule has 88 valence electrons. The molecule has 6 heteroatoms. The van der Waals surface area contributed by atoms with Gasteiger partial charge in [0.2, 0.25) is 0 Å². The molecular weight excluding hydrogens is 358 g/mol. The largest absolute Gasteiger partial charge is 0.263 e. The third-order valence-corrected chi connectivity index (χ3v) is 6.23. The summed E-state index contributed by atoms with van der Waals surface area (Å²) >= 11 is 6.93. The fourth-order valence-electron chi connectivity index (χ4n) is 1.91. The van der Waals surface area contributed by atoms with E-state index < -0.39 is 9.84 Å². The van der Waals surface area contributed by atoms with Crippen LogP contribution in [0.2, 0.25) is 0 Å². The number of rotatable bonds is 2. The number of hydrogen-bond donors (Lipinski definition) is 0. The fraction of sp³-hybridized carbons (Fsp3) is 0.500. The monoisotopic (exact) mass is 367 g/mol. The fourth-order valence-corrected chi connectivity index (χ4v) is 5.08. The van der Waals surface area contributed by atoms with Crippen LogP contribution in [-0.2, 0) is 9.84 Å². The molecule has 1 aliphatic heterocycles. The predicted octanol–water partition coefficient (Wildman–Crippen LogP) is 2.71. The van der Waals surface area contributed by atoms with Gasteiger partial charge in [0, 0.05) is 21.7 Å². The van der Waals surface area contributed by atoms with E-state index in [9.17, 15) is 8.42 Å². The second-order valence-electron chi connectivity index (χ2n) is 4.00. The van der Waals surface area contributed by atoms with Crippen molar-refractivity contribution in [1.82, 2.24) is 4.98 Å². The molecule has 2 atom stereocenters. The minimum atomic E-state index is -2.82. The molecule has 0 N–H and O–H groups in total. The van der Waals surface area contributed by atoms with Crippen molar-refractivity contribution in [2.45, 2.75) is 11.2 Å². The van der Waals surface area contributed by atoms with Crippen molar-refractivity contribution < 1.29 is 8.42 Å². The Morgan fingerprint density at radius 3 is 2.75 bits per heavy atom. The van der Waals surface area contributed by atoms with Gasteiger partial charge in [0.15, 0.2) is 9.84 Å². The van der Waals surface area contributed by atoms with Gasteiger partial charge in [-0.15, -0.1) is 0 Å². The van der Waals surface area contributed by atoms with E-state index in [2.05, 4.69) is 36.8 Å². The molecule has 3 nitrogen and oxygen atoms in total. The number of aromatic nitrogens is 1. The Morgan fingerprint density at radius 1 is 1.44 bits per heavy atom. The average Bonchev–Trinajstić information content (AvgIpc) is 2.58. The van der Waals surface area contributed by atoms with Crippen molar-refractivity contribution in [2.75, 3.05) is 11.5 Å². The number of hydrogen-bond acceptors (Lipinski definition) is 3. The molecule has 0 aliphatic carbocycles. The highest BCUT2D eigenvalue weighted by Crippen LogP contribution is 2.37. The summed E-state index contributed by atoms with van der Waals surface area (Å²) < 4.78 is 23.7. The second-order valence-corrected chi connectivity index (χ2v) is 8.13. The maximum atomic E-state index is 11.4. The molecule has 0 radical (unpaired) electrons. The van der Waals surface area contributed by atoms with E-state index in [0.29, 0.717) is 5.75 Å². The van der Waals surface area contributed by atoms with Gasteiger partial charge in [0.1, 0.15) is 0 Å². The van der Waals surface area contributed by atoms with Crippen LogP contribution < -0.4 is 0 Å². The minimum Gasteiger partial charge on any atom is -0.263 e. The first-order chi connectivity index (χ1) is 7.48. The van der Waals surface area contributed by atoms with E-state index in [0.717, 1.165) is 16.5 Å². The molecule has 2 heterocycles. The lowest BCUT2D eigenvalue weighted by Gasteiger charge is -2.15. The zero-order valence-corrected chi connectivity index (χ0v) is 12.4. The van der Waals surface area contributed by atoms with Crippen LogP contribution in [0.4, 0.5) is 0 Å². The zero-order valence-electron chi connectivity index (χ0n) is 8.44. The van der Waals surface area contributed by atoms with Crippen molar-refractivity contribution in [1.29, 1.82) is 0 Å². The minimum absolute atomic E-state index is 0.0646. The number of alkyl halides is 1. The first-order valence-corrected chi connectivity index (χ1v) is 8.46. The third-order valence-electron chi connectivity index (χ3n) is 2.73. The lowest BCUT2D eigenvalue weighted by Crippen LogP contribution is -2.10. The molecule has 1 saturated heterocycles. The first-order valence-electron chi connectivity index (χ1n) is 4.93. The molecule has 1 aromatic heterocycles. The normalized spacial score (nSPS) is 25.5. The molecule has 0 saturated carbocycles. The standard InChI is InChI=1S/C10H11Br2NO2S/c11-9-3-8(4-13-5-9)10(12)7-1-2-16(14,15)6-7/h3-5,7,10H,1-2,6H2. The lowest BCUT2D eigenvalue weighted by atomic mass is 10.0. The topological polar surface area (TPSA) is 47.0 Å². The van der Waals surface area contributed by atoms with Crippen LogP contribution in [0.15, 0.2) is 22.9 Å². The summed E-state index contributed by atoms with van der Waals surface area (Å²) in [5.41, 5.74) is 1.02. The Labute approximate surface area is 112 Å². The molecule has 0 bridgehead atoms. The van der Waals surface area contributed by atoms with Crippen molar-refractivity contribution in [2.24, 2.45) is 5.92 Å². The molecule has 1 aromatic rings. The predicted molar refractivity (Wildman–Crippen MR) is 70.4 cm³/mol. The van der Waals surface area contributed by atoms with Gasteiger partial charge < -0.3 is 0 Å². The van der Waals surface area contributed by atoms with Gasteiger partial charge in [-0.2, -0.15) is 0 Å². The maximum Gasteiger partial charge on any atom is 0.150 e. The Morgan fingerprint density at radius 2 is 2.19 bits per heavy atom. The highest BCUT2D eigenvalue weighted by molar-refractivity contribution is 9.10. The number of nitrogens with zero attached hydrogens (tertiary/aromatic N) is 1. The summed E-state index contributed by atoms with van der Waals surface area (Å²) in [6, 6.07) is 1.97. The molecule has 1 aliphatic rings. The Kier molecular flexibility index (Phi) is 3.71. The molecule has 0 amide bonds. The summed E-state index contributed by atoms with van der Waals surface area (Å²) in [6.07, 6.45) is 4.22. The molecule has 2 unspecified atom stereocenters. The quantitative estimate of drug-likeness (QED) is 0.754. The molecule has 0 spiro atoms. The third kappa shape index (κ3) is 2.84. The van der Waals surface area contributed by atoms with Gasteiger partial charge in [0.25, 0.3) is 0 Å². The summed E-state index contributed by atoms with van der Waals surface area (Å²) in [5.74, 6) is 0.734. The summed E-state index contributed by atoms with van der Waals surface area (Å²) in [4.78, 5) is 4.15. The van der Waals surface area contributed by atoms with Gasteiger partial charge in [-0.25, -0.2) is 8.42 Å². The Hall–Kier alpha value is 0.0600. The highest BCUT2D eigenvalue weighted by atomic mass is 79.9. The summed E-state index contributed by atoms with van der Waals surface area (Å²) in [5, 5.41) is 0. The van der Waals surface area contributed by atoms with Crippen LogP contribution in [0.3, 0.4) is 0 Å². The average molecular weight is 369 g/mol. The maximum absolute atomic E-state index is 11.4. The van der Waals surface area contributed by atoms with E-state index in [1.807, 2.05) is 6.07 Å². The van der Waals surface area contributed by atoms with Gasteiger partial charge in [-0.3, -0.25) is 4.98 Å². The summed E-state index contributed by atoms with van der Waals surface area (Å²) in [7, 11) is -2.82. The first kappa shape index (κ1) is 12.5. The molecule has 1 fully saturated rings. The van der Waals surface area contributed by atoms with E-state index in [4.69, 9.17) is 0 Å². The van der Waals surface area contributed by atoms with E-state index in [1.54, 1.807) is 12.4 Å². The Bertz CT molecular complexity index is 489. The smallest absolute Gasteiger partial charge is 0.150 e. The van der Waals surface area contributed by atoms with Crippen LogP contribution in [0.5, 0.6) is 0 Å². The van der Waals surface area contributed by atoms with Crippen LogP contribution >= 0.6 is 31.9 Å². The number of pyridine rings is 1. The number of sulfone groups is 1. The van der Waals surface area contributed by atoms with Gasteiger partial charge in [0.05, 0.1) is 11.5 Å². The second kappa shape index (κ2) is 4.74. The molecule has 2 rings (SSSR count). The van der Waals surface area contributed by atoms with Crippen molar-refractivity contribution in [3.63, 3.8) is 0 Å². The van der Waals surface area contributed by atoms with Crippen LogP contribution in [-0.4, -0.2) is 24.9 Å². The molecular formula is C10H11Br2NO2S.